The summed E-state index contributed by atoms with van der Waals surface area (Å²) >= 11 is 1.06. The van der Waals surface area contributed by atoms with Gasteiger partial charge in [0.1, 0.15) is 23.4 Å². The van der Waals surface area contributed by atoms with Gasteiger partial charge < -0.3 is 15.0 Å². The normalized spacial score (nSPS) is 10.6. The van der Waals surface area contributed by atoms with Crippen LogP contribution < -0.4 is 10.2 Å². The van der Waals surface area contributed by atoms with Crippen LogP contribution in [0.4, 0.5) is 15.8 Å². The monoisotopic (exact) mass is 388 g/mol. The molecule has 0 aliphatic heterocycles. The zero-order valence-electron chi connectivity index (χ0n) is 14.5. The Balaban J connectivity index is 1.76. The van der Waals surface area contributed by atoms with Crippen molar-refractivity contribution in [1.29, 1.82) is 0 Å². The highest BCUT2D eigenvalue weighted by Crippen LogP contribution is 2.21. The molecule has 0 unspecified atom stereocenters. The quantitative estimate of drug-likeness (QED) is 0.627. The predicted octanol–water partition coefficient (Wildman–Crippen LogP) is 2.84. The Morgan fingerprint density at radius 2 is 1.93 bits per heavy atom. The molecule has 1 heterocycles. The molecule has 27 heavy (non-hydrogen) atoms. The molecule has 0 spiro atoms. The number of benzene rings is 2. The molecule has 1 aromatic heterocycles. The largest absolute Gasteiger partial charge is 0.465 e. The maximum atomic E-state index is 13.2. The Bertz CT molecular complexity index is 945. The van der Waals surface area contributed by atoms with Crippen molar-refractivity contribution in [3.05, 3.63) is 48.3 Å². The third-order valence-electron chi connectivity index (χ3n) is 3.71. The van der Waals surface area contributed by atoms with Gasteiger partial charge in [0.2, 0.25) is 5.91 Å². The van der Waals surface area contributed by atoms with E-state index in [9.17, 15) is 14.0 Å². The number of carbonyl (C=O) groups excluding carboxylic acids is 2. The van der Waals surface area contributed by atoms with Crippen LogP contribution in [0.25, 0.3) is 11.0 Å². The van der Waals surface area contributed by atoms with E-state index in [1.54, 1.807) is 25.1 Å². The predicted molar refractivity (Wildman–Crippen MR) is 101 cm³/mol. The number of ether oxygens (including phenoxy) is 1. The molecule has 3 aromatic rings. The van der Waals surface area contributed by atoms with Crippen molar-refractivity contribution in [3.8, 4) is 0 Å². The average molecular weight is 388 g/mol. The molecule has 0 aliphatic rings. The first kappa shape index (κ1) is 18.7. The van der Waals surface area contributed by atoms with Crippen molar-refractivity contribution in [2.24, 2.45) is 0 Å². The van der Waals surface area contributed by atoms with Crippen LogP contribution in [0, 0.1) is 5.82 Å². The number of rotatable bonds is 7. The van der Waals surface area contributed by atoms with Gasteiger partial charge in [-0.2, -0.15) is 8.75 Å². The first-order valence-corrected chi connectivity index (χ1v) is 8.97. The van der Waals surface area contributed by atoms with Crippen LogP contribution in [0.2, 0.25) is 0 Å². The van der Waals surface area contributed by atoms with E-state index in [0.29, 0.717) is 22.4 Å². The summed E-state index contributed by atoms with van der Waals surface area (Å²) in [7, 11) is 0. The summed E-state index contributed by atoms with van der Waals surface area (Å²) in [6, 6.07) is 10.9. The summed E-state index contributed by atoms with van der Waals surface area (Å²) in [6.07, 6.45) is 0. The van der Waals surface area contributed by atoms with Gasteiger partial charge in [0.05, 0.1) is 30.6 Å². The van der Waals surface area contributed by atoms with Gasteiger partial charge >= 0.3 is 5.97 Å². The zero-order chi connectivity index (χ0) is 19.2. The zero-order valence-corrected chi connectivity index (χ0v) is 15.3. The number of carbonyl (C=O) groups is 2. The van der Waals surface area contributed by atoms with Gasteiger partial charge in [0, 0.05) is 5.69 Å². The maximum Gasteiger partial charge on any atom is 0.325 e. The van der Waals surface area contributed by atoms with Crippen molar-refractivity contribution < 1.29 is 18.7 Å². The van der Waals surface area contributed by atoms with Gasteiger partial charge in [-0.05, 0) is 43.3 Å². The molecule has 9 heteroatoms. The van der Waals surface area contributed by atoms with Crippen molar-refractivity contribution in [3.63, 3.8) is 0 Å². The lowest BCUT2D eigenvalue weighted by Gasteiger charge is -2.23. The van der Waals surface area contributed by atoms with Crippen LogP contribution in [0.5, 0.6) is 0 Å². The van der Waals surface area contributed by atoms with E-state index < -0.39 is 11.8 Å². The molecule has 0 fully saturated rings. The third-order valence-corrected chi connectivity index (χ3v) is 4.25. The fourth-order valence-electron chi connectivity index (χ4n) is 2.52. The summed E-state index contributed by atoms with van der Waals surface area (Å²) in [4.78, 5) is 26.0. The minimum atomic E-state index is -0.472. The van der Waals surface area contributed by atoms with Crippen molar-refractivity contribution in [1.82, 2.24) is 8.75 Å². The minimum absolute atomic E-state index is 0.113. The lowest BCUT2D eigenvalue weighted by molar-refractivity contribution is -0.141. The second-order valence-electron chi connectivity index (χ2n) is 5.62. The molecule has 0 radical (unpaired) electrons. The van der Waals surface area contributed by atoms with Crippen molar-refractivity contribution in [2.75, 3.05) is 29.9 Å². The lowest BCUT2D eigenvalue weighted by Crippen LogP contribution is -2.37. The first-order chi connectivity index (χ1) is 13.1. The fourth-order valence-corrected chi connectivity index (χ4v) is 3.07. The van der Waals surface area contributed by atoms with Gasteiger partial charge in [-0.3, -0.25) is 9.59 Å². The molecule has 3 rings (SSSR count). The minimum Gasteiger partial charge on any atom is -0.465 e. The van der Waals surface area contributed by atoms with Crippen LogP contribution in [-0.2, 0) is 14.3 Å². The number of aromatic nitrogens is 2. The van der Waals surface area contributed by atoms with E-state index in [1.165, 1.54) is 29.2 Å². The topological polar surface area (TPSA) is 84.4 Å². The molecule has 0 aliphatic carbocycles. The molecule has 2 aromatic carbocycles. The highest BCUT2D eigenvalue weighted by atomic mass is 32.1. The smallest absolute Gasteiger partial charge is 0.325 e. The van der Waals surface area contributed by atoms with E-state index in [4.69, 9.17) is 4.74 Å². The number of amides is 1. The molecule has 140 valence electrons. The van der Waals surface area contributed by atoms with Gasteiger partial charge in [0.25, 0.3) is 0 Å². The van der Waals surface area contributed by atoms with Crippen LogP contribution in [0.1, 0.15) is 6.92 Å². The van der Waals surface area contributed by atoms with Crippen molar-refractivity contribution in [2.45, 2.75) is 6.92 Å². The number of anilines is 2. The Hall–Kier alpha value is -3.07. The summed E-state index contributed by atoms with van der Waals surface area (Å²) in [6.45, 7) is 1.70. The molecule has 0 saturated carbocycles. The van der Waals surface area contributed by atoms with Crippen LogP contribution in [-0.4, -0.2) is 40.3 Å². The summed E-state index contributed by atoms with van der Waals surface area (Å²) in [5, 5.41) is 2.79. The van der Waals surface area contributed by atoms with Crippen LogP contribution in [0.3, 0.4) is 0 Å². The summed E-state index contributed by atoms with van der Waals surface area (Å²) in [5.41, 5.74) is 2.38. The Morgan fingerprint density at radius 3 is 2.67 bits per heavy atom. The average Bonchev–Trinajstić information content (AvgIpc) is 3.12. The van der Waals surface area contributed by atoms with E-state index in [0.717, 1.165) is 11.7 Å². The van der Waals surface area contributed by atoms with Gasteiger partial charge in [-0.25, -0.2) is 4.39 Å². The number of hydrogen-bond acceptors (Lipinski definition) is 7. The van der Waals surface area contributed by atoms with Gasteiger partial charge in [-0.15, -0.1) is 0 Å². The van der Waals surface area contributed by atoms with E-state index in [2.05, 4.69) is 14.1 Å². The third kappa shape index (κ3) is 4.76. The second kappa shape index (κ2) is 8.54. The summed E-state index contributed by atoms with van der Waals surface area (Å²) < 4.78 is 26.5. The van der Waals surface area contributed by atoms with Gasteiger partial charge in [-0.1, -0.05) is 6.07 Å². The summed E-state index contributed by atoms with van der Waals surface area (Å²) in [5.74, 6) is -1.22. The van der Waals surface area contributed by atoms with E-state index in [1.807, 2.05) is 0 Å². The molecular weight excluding hydrogens is 371 g/mol. The molecular formula is C18H17FN4O3S. The van der Waals surface area contributed by atoms with E-state index in [-0.39, 0.29) is 25.6 Å². The van der Waals surface area contributed by atoms with Crippen LogP contribution in [0.15, 0.2) is 42.5 Å². The molecule has 7 nitrogen and oxygen atoms in total. The second-order valence-corrected chi connectivity index (χ2v) is 6.15. The fraction of sp³-hybridized carbons (Fsp3) is 0.222. The van der Waals surface area contributed by atoms with Crippen molar-refractivity contribution >= 4 is 46.0 Å². The Kier molecular flexibility index (Phi) is 5.92. The Morgan fingerprint density at radius 1 is 1.15 bits per heavy atom. The molecule has 1 N–H and O–H groups in total. The molecule has 0 bridgehead atoms. The molecule has 0 atom stereocenters. The van der Waals surface area contributed by atoms with Crippen LogP contribution >= 0.6 is 11.7 Å². The highest BCUT2D eigenvalue weighted by Gasteiger charge is 2.17. The maximum absolute atomic E-state index is 13.2. The molecule has 0 saturated heterocycles. The number of nitrogens with one attached hydrogen (secondary N) is 1. The number of fused-ring (bicyclic) bond motifs is 1. The SMILES string of the molecule is CCOC(=O)CN(CC(=O)Nc1cccc2nsnc12)c1ccc(F)cc1. The lowest BCUT2D eigenvalue weighted by atomic mass is 10.2. The first-order valence-electron chi connectivity index (χ1n) is 8.24. The standard InChI is InChI=1S/C18H17FN4O3S/c1-2-26-17(25)11-23(13-8-6-12(19)7-9-13)10-16(24)20-14-4-3-5-15-18(14)22-27-21-15/h3-9H,2,10-11H2,1H3,(H,20,24). The van der Waals surface area contributed by atoms with E-state index >= 15 is 0 Å². The number of nitrogens with zero attached hydrogens (tertiary/aromatic N) is 3. The highest BCUT2D eigenvalue weighted by molar-refractivity contribution is 7.00. The van der Waals surface area contributed by atoms with Gasteiger partial charge in [0.15, 0.2) is 0 Å². The number of hydrogen-bond donors (Lipinski definition) is 1. The number of esters is 1. The number of halogens is 1. The molecule has 1 amide bonds. The Labute approximate surface area is 159 Å².